The second-order valence-electron chi connectivity index (χ2n) is 4.62. The molecule has 0 aromatic carbocycles. The zero-order valence-electron chi connectivity index (χ0n) is 9.60. The number of hydrogen-bond acceptors (Lipinski definition) is 3. The van der Waals surface area contributed by atoms with E-state index in [2.05, 4.69) is 4.98 Å². The summed E-state index contributed by atoms with van der Waals surface area (Å²) in [5, 5.41) is 0.924. The van der Waals surface area contributed by atoms with E-state index in [1.54, 1.807) is 18.6 Å². The van der Waals surface area contributed by atoms with Crippen LogP contribution < -0.4 is 0 Å². The summed E-state index contributed by atoms with van der Waals surface area (Å²) in [6, 6.07) is 3.74. The van der Waals surface area contributed by atoms with Crippen molar-refractivity contribution in [3.63, 3.8) is 0 Å². The molecule has 0 N–H and O–H groups in total. The zero-order valence-corrected chi connectivity index (χ0v) is 9.60. The molecule has 0 unspecified atom stereocenters. The number of ether oxygens (including phenoxy) is 1. The van der Waals surface area contributed by atoms with Crippen LogP contribution in [0.5, 0.6) is 0 Å². The molecule has 2 aromatic rings. The first kappa shape index (κ1) is 10.7. The van der Waals surface area contributed by atoms with Gasteiger partial charge < -0.3 is 4.74 Å². The molecule has 84 valence electrons. The van der Waals surface area contributed by atoms with Gasteiger partial charge in [0.2, 0.25) is 0 Å². The zero-order chi connectivity index (χ0) is 11.8. The fourth-order valence-corrected chi connectivity index (χ4v) is 1.39. The Labute approximate surface area is 93.9 Å². The van der Waals surface area contributed by atoms with Gasteiger partial charge in [0.15, 0.2) is 0 Å². The van der Waals surface area contributed by atoms with Crippen LogP contribution in [-0.2, 0) is 4.74 Å². The fourth-order valence-electron chi connectivity index (χ4n) is 1.39. The van der Waals surface area contributed by atoms with E-state index in [9.17, 15) is 4.79 Å². The summed E-state index contributed by atoms with van der Waals surface area (Å²) < 4.78 is 6.67. The maximum Gasteiger partial charge on any atom is 0.418 e. The molecule has 0 saturated heterocycles. The second kappa shape index (κ2) is 3.63. The molecule has 0 saturated carbocycles. The van der Waals surface area contributed by atoms with Gasteiger partial charge in [0.1, 0.15) is 5.60 Å². The quantitative estimate of drug-likeness (QED) is 0.683. The first-order valence-electron chi connectivity index (χ1n) is 5.12. The smallest absolute Gasteiger partial charge is 0.418 e. The fraction of sp³-hybridized carbons (Fsp3) is 0.333. The van der Waals surface area contributed by atoms with Crippen LogP contribution in [0.2, 0.25) is 0 Å². The third-order valence-corrected chi connectivity index (χ3v) is 2.02. The average molecular weight is 218 g/mol. The van der Waals surface area contributed by atoms with Crippen LogP contribution in [0.15, 0.2) is 30.7 Å². The molecule has 0 aliphatic carbocycles. The van der Waals surface area contributed by atoms with Crippen molar-refractivity contribution in [3.8, 4) is 0 Å². The molecular weight excluding hydrogens is 204 g/mol. The van der Waals surface area contributed by atoms with Crippen molar-refractivity contribution in [2.24, 2.45) is 0 Å². The van der Waals surface area contributed by atoms with Crippen molar-refractivity contribution >= 4 is 17.0 Å². The molecule has 0 radical (unpaired) electrons. The van der Waals surface area contributed by atoms with Gasteiger partial charge in [-0.2, -0.15) is 0 Å². The van der Waals surface area contributed by atoms with Crippen LogP contribution in [-0.4, -0.2) is 21.2 Å². The van der Waals surface area contributed by atoms with Gasteiger partial charge in [-0.1, -0.05) is 0 Å². The Balaban J connectivity index is 2.30. The summed E-state index contributed by atoms with van der Waals surface area (Å²) in [6.07, 6.45) is 4.70. The predicted molar refractivity (Wildman–Crippen MR) is 61.4 cm³/mol. The normalized spacial score (nSPS) is 11.7. The third kappa shape index (κ3) is 2.21. The largest absolute Gasteiger partial charge is 0.443 e. The van der Waals surface area contributed by atoms with E-state index in [1.165, 1.54) is 4.57 Å². The number of pyridine rings is 1. The van der Waals surface area contributed by atoms with E-state index < -0.39 is 5.60 Å². The lowest BCUT2D eigenvalue weighted by Gasteiger charge is -2.19. The van der Waals surface area contributed by atoms with Crippen LogP contribution in [0.4, 0.5) is 4.79 Å². The second-order valence-corrected chi connectivity index (χ2v) is 4.62. The van der Waals surface area contributed by atoms with Gasteiger partial charge >= 0.3 is 6.09 Å². The average Bonchev–Trinajstić information content (AvgIpc) is 2.58. The number of nitrogens with zero attached hydrogens (tertiary/aromatic N) is 2. The molecule has 2 rings (SSSR count). The van der Waals surface area contributed by atoms with Gasteiger partial charge in [-0.25, -0.2) is 4.79 Å². The Morgan fingerprint density at radius 3 is 2.75 bits per heavy atom. The number of aromatic nitrogens is 2. The first-order valence-corrected chi connectivity index (χ1v) is 5.12. The van der Waals surface area contributed by atoms with Crippen molar-refractivity contribution in [2.75, 3.05) is 0 Å². The highest BCUT2D eigenvalue weighted by atomic mass is 16.6. The van der Waals surface area contributed by atoms with Gasteiger partial charge in [-0.15, -0.1) is 0 Å². The van der Waals surface area contributed by atoms with Crippen LogP contribution in [0, 0.1) is 0 Å². The van der Waals surface area contributed by atoms with Gasteiger partial charge in [0.05, 0.1) is 5.52 Å². The van der Waals surface area contributed by atoms with E-state index >= 15 is 0 Å². The maximum atomic E-state index is 11.7. The van der Waals surface area contributed by atoms with Crippen LogP contribution >= 0.6 is 0 Å². The number of fused-ring (bicyclic) bond motifs is 1. The van der Waals surface area contributed by atoms with Crippen molar-refractivity contribution < 1.29 is 9.53 Å². The third-order valence-electron chi connectivity index (χ3n) is 2.02. The van der Waals surface area contributed by atoms with Crippen molar-refractivity contribution in [1.29, 1.82) is 0 Å². The van der Waals surface area contributed by atoms with E-state index in [-0.39, 0.29) is 6.09 Å². The van der Waals surface area contributed by atoms with E-state index in [4.69, 9.17) is 4.74 Å². The Bertz CT molecular complexity index is 490. The Morgan fingerprint density at radius 2 is 2.12 bits per heavy atom. The molecule has 4 nitrogen and oxygen atoms in total. The van der Waals surface area contributed by atoms with Crippen molar-refractivity contribution in [2.45, 2.75) is 26.4 Å². The lowest BCUT2D eigenvalue weighted by molar-refractivity contribution is 0.0538. The summed E-state index contributed by atoms with van der Waals surface area (Å²) in [5.41, 5.74) is 0.300. The summed E-state index contributed by atoms with van der Waals surface area (Å²) in [7, 11) is 0. The number of rotatable bonds is 0. The molecule has 0 aliphatic rings. The van der Waals surface area contributed by atoms with Crippen LogP contribution in [0.3, 0.4) is 0 Å². The molecule has 0 aliphatic heterocycles. The molecule has 0 amide bonds. The first-order chi connectivity index (χ1) is 7.46. The van der Waals surface area contributed by atoms with E-state index in [0.29, 0.717) is 0 Å². The molecule has 4 heteroatoms. The van der Waals surface area contributed by atoms with Gasteiger partial charge in [0, 0.05) is 24.0 Å². The molecule has 0 spiro atoms. The molecule has 0 bridgehead atoms. The molecule has 2 aromatic heterocycles. The summed E-state index contributed by atoms with van der Waals surface area (Å²) in [4.78, 5) is 15.9. The molecular formula is C12H14N2O2. The maximum absolute atomic E-state index is 11.7. The number of carbonyl (C=O) groups is 1. The molecule has 16 heavy (non-hydrogen) atoms. The van der Waals surface area contributed by atoms with Gasteiger partial charge in [-0.05, 0) is 32.9 Å². The van der Waals surface area contributed by atoms with Gasteiger partial charge in [-0.3, -0.25) is 9.55 Å². The van der Waals surface area contributed by atoms with E-state index in [0.717, 1.165) is 10.9 Å². The lowest BCUT2D eigenvalue weighted by atomic mass is 10.2. The highest BCUT2D eigenvalue weighted by molar-refractivity contribution is 5.84. The van der Waals surface area contributed by atoms with Crippen LogP contribution in [0.1, 0.15) is 20.8 Å². The minimum atomic E-state index is -0.485. The molecule has 0 atom stereocenters. The molecule has 2 heterocycles. The SMILES string of the molecule is CC(C)(C)OC(=O)n1cc2cccnc2c1. The number of carbonyl (C=O) groups excluding carboxylic acids is 1. The predicted octanol–water partition coefficient (Wildman–Crippen LogP) is 2.82. The van der Waals surface area contributed by atoms with Crippen molar-refractivity contribution in [3.05, 3.63) is 30.7 Å². The minimum absolute atomic E-state index is 0.384. The van der Waals surface area contributed by atoms with E-state index in [1.807, 2.05) is 32.9 Å². The summed E-state index contributed by atoms with van der Waals surface area (Å²) in [5.74, 6) is 0. The Hall–Kier alpha value is -1.84. The highest BCUT2D eigenvalue weighted by Crippen LogP contribution is 2.14. The standard InChI is InChI=1S/C12H14N2O2/c1-12(2,3)16-11(15)14-7-9-5-4-6-13-10(9)8-14/h4-8H,1-3H3. The van der Waals surface area contributed by atoms with Crippen LogP contribution in [0.25, 0.3) is 10.9 Å². The minimum Gasteiger partial charge on any atom is -0.443 e. The summed E-state index contributed by atoms with van der Waals surface area (Å²) >= 11 is 0. The van der Waals surface area contributed by atoms with Crippen molar-refractivity contribution in [1.82, 2.24) is 9.55 Å². The monoisotopic (exact) mass is 218 g/mol. The lowest BCUT2D eigenvalue weighted by Crippen LogP contribution is -2.26. The highest BCUT2D eigenvalue weighted by Gasteiger charge is 2.17. The molecule has 0 fully saturated rings. The Morgan fingerprint density at radius 1 is 1.38 bits per heavy atom. The van der Waals surface area contributed by atoms with Gasteiger partial charge in [0.25, 0.3) is 0 Å². The number of hydrogen-bond donors (Lipinski definition) is 0. The Kier molecular flexibility index (Phi) is 2.42. The summed E-state index contributed by atoms with van der Waals surface area (Å²) in [6.45, 7) is 5.52. The topological polar surface area (TPSA) is 44.1 Å².